The van der Waals surface area contributed by atoms with Crippen LogP contribution in [-0.4, -0.2) is 11.1 Å². The summed E-state index contributed by atoms with van der Waals surface area (Å²) in [6.45, 7) is 2.00. The molecular formula is C13H11NO2. The minimum atomic E-state index is -0.0113. The minimum absolute atomic E-state index is 0.0113. The van der Waals surface area contributed by atoms with Gasteiger partial charge in [0.15, 0.2) is 12.2 Å². The van der Waals surface area contributed by atoms with Crippen molar-refractivity contribution in [2.24, 2.45) is 0 Å². The summed E-state index contributed by atoms with van der Waals surface area (Å²) in [5.74, 6) is 1.68. The lowest BCUT2D eigenvalue weighted by Gasteiger charge is -2.22. The van der Waals surface area contributed by atoms with E-state index in [9.17, 15) is 0 Å². The Labute approximate surface area is 93.4 Å². The average molecular weight is 213 g/mol. The Hall–Kier alpha value is -2.03. The second-order valence-corrected chi connectivity index (χ2v) is 3.76. The molecule has 2 heterocycles. The predicted octanol–water partition coefficient (Wildman–Crippen LogP) is 3.00. The average Bonchev–Trinajstić information content (AvgIpc) is 2.81. The zero-order valence-electron chi connectivity index (χ0n) is 8.88. The number of oxazole rings is 1. The summed E-state index contributed by atoms with van der Waals surface area (Å²) in [5.41, 5.74) is 2.10. The van der Waals surface area contributed by atoms with Crippen LogP contribution in [0.4, 0.5) is 0 Å². The van der Waals surface area contributed by atoms with Crippen LogP contribution in [0, 0.1) is 0 Å². The Balaban J connectivity index is 2.11. The van der Waals surface area contributed by atoms with E-state index in [1.165, 1.54) is 6.39 Å². The Morgan fingerprint density at radius 2 is 2.12 bits per heavy atom. The van der Waals surface area contributed by atoms with Crippen LogP contribution >= 0.6 is 0 Å². The fourth-order valence-corrected chi connectivity index (χ4v) is 1.88. The molecule has 0 saturated carbocycles. The van der Waals surface area contributed by atoms with Gasteiger partial charge in [0, 0.05) is 11.1 Å². The first-order valence-corrected chi connectivity index (χ1v) is 5.21. The third kappa shape index (κ3) is 1.41. The minimum Gasteiger partial charge on any atom is -0.485 e. The number of nitrogens with zero attached hydrogens (tertiary/aromatic N) is 1. The maximum absolute atomic E-state index is 5.81. The summed E-state index contributed by atoms with van der Waals surface area (Å²) in [5, 5.41) is 0. The van der Waals surface area contributed by atoms with E-state index in [1.54, 1.807) is 6.20 Å². The van der Waals surface area contributed by atoms with E-state index >= 15 is 0 Å². The summed E-state index contributed by atoms with van der Waals surface area (Å²) in [7, 11) is 0. The van der Waals surface area contributed by atoms with Crippen LogP contribution in [0.2, 0.25) is 0 Å². The van der Waals surface area contributed by atoms with Crippen molar-refractivity contribution in [2.75, 3.05) is 0 Å². The number of hydrogen-bond acceptors (Lipinski definition) is 3. The third-order valence-electron chi connectivity index (χ3n) is 2.69. The van der Waals surface area contributed by atoms with Crippen molar-refractivity contribution in [3.63, 3.8) is 0 Å². The van der Waals surface area contributed by atoms with Gasteiger partial charge < -0.3 is 9.15 Å². The second kappa shape index (κ2) is 3.52. The fraction of sp³-hybridized carbons (Fsp3) is 0.154. The van der Waals surface area contributed by atoms with Crippen LogP contribution in [0.5, 0.6) is 5.75 Å². The van der Waals surface area contributed by atoms with Crippen LogP contribution < -0.4 is 4.74 Å². The van der Waals surface area contributed by atoms with Crippen LogP contribution in [0.1, 0.15) is 18.2 Å². The van der Waals surface area contributed by atoms with Gasteiger partial charge >= 0.3 is 0 Å². The molecule has 0 aliphatic carbocycles. The lowest BCUT2D eigenvalue weighted by Crippen LogP contribution is -2.17. The van der Waals surface area contributed by atoms with E-state index in [0.717, 1.165) is 22.6 Å². The monoisotopic (exact) mass is 213 g/mol. The maximum Gasteiger partial charge on any atom is 0.181 e. The van der Waals surface area contributed by atoms with Crippen molar-refractivity contribution >= 4 is 11.6 Å². The van der Waals surface area contributed by atoms with Crippen LogP contribution in [0.15, 0.2) is 41.3 Å². The zero-order valence-corrected chi connectivity index (χ0v) is 8.88. The topological polar surface area (TPSA) is 35.3 Å². The molecule has 1 aliphatic heterocycles. The Morgan fingerprint density at radius 1 is 1.25 bits per heavy atom. The van der Waals surface area contributed by atoms with E-state index in [2.05, 4.69) is 11.1 Å². The van der Waals surface area contributed by atoms with Gasteiger partial charge in [0.25, 0.3) is 0 Å². The Bertz CT molecular complexity index is 529. The maximum atomic E-state index is 5.81. The van der Waals surface area contributed by atoms with Gasteiger partial charge in [0.05, 0.1) is 6.20 Å². The van der Waals surface area contributed by atoms with Crippen LogP contribution in [0.25, 0.3) is 11.6 Å². The number of aromatic nitrogens is 1. The molecule has 80 valence electrons. The highest BCUT2D eigenvalue weighted by molar-refractivity contribution is 5.85. The molecule has 0 spiro atoms. The van der Waals surface area contributed by atoms with E-state index < -0.39 is 0 Å². The number of para-hydroxylation sites is 1. The van der Waals surface area contributed by atoms with Gasteiger partial charge in [-0.25, -0.2) is 4.98 Å². The predicted molar refractivity (Wildman–Crippen MR) is 60.9 cm³/mol. The number of fused-ring (bicyclic) bond motifs is 1. The first-order valence-electron chi connectivity index (χ1n) is 5.21. The lowest BCUT2D eigenvalue weighted by molar-refractivity contribution is 0.272. The SMILES string of the molecule is CC1Oc2ccccc2C=C1c1cnco1. The van der Waals surface area contributed by atoms with E-state index in [-0.39, 0.29) is 6.10 Å². The van der Waals surface area contributed by atoms with Crippen molar-refractivity contribution in [1.29, 1.82) is 0 Å². The summed E-state index contributed by atoms with van der Waals surface area (Å²) in [6.07, 6.45) is 5.22. The van der Waals surface area contributed by atoms with Crippen molar-refractivity contribution in [1.82, 2.24) is 4.98 Å². The molecule has 0 radical (unpaired) electrons. The molecule has 2 aromatic rings. The highest BCUT2D eigenvalue weighted by Crippen LogP contribution is 2.33. The lowest BCUT2D eigenvalue weighted by atomic mass is 10.0. The van der Waals surface area contributed by atoms with Crippen molar-refractivity contribution in [3.8, 4) is 5.75 Å². The van der Waals surface area contributed by atoms with E-state index in [0.29, 0.717) is 0 Å². The molecule has 1 aliphatic rings. The number of hydrogen-bond donors (Lipinski definition) is 0. The summed E-state index contributed by atoms with van der Waals surface area (Å²) >= 11 is 0. The van der Waals surface area contributed by atoms with Gasteiger partial charge in [-0.2, -0.15) is 0 Å². The molecule has 1 atom stereocenters. The van der Waals surface area contributed by atoms with Gasteiger partial charge in [-0.05, 0) is 19.1 Å². The van der Waals surface area contributed by atoms with Gasteiger partial charge in [0.2, 0.25) is 0 Å². The molecule has 0 amide bonds. The van der Waals surface area contributed by atoms with E-state index in [4.69, 9.17) is 9.15 Å². The number of benzene rings is 1. The summed E-state index contributed by atoms with van der Waals surface area (Å²) < 4.78 is 11.1. The molecule has 1 aromatic heterocycles. The van der Waals surface area contributed by atoms with Crippen LogP contribution in [0.3, 0.4) is 0 Å². The van der Waals surface area contributed by atoms with Gasteiger partial charge in [0.1, 0.15) is 11.9 Å². The molecule has 3 nitrogen and oxygen atoms in total. The molecule has 1 unspecified atom stereocenters. The molecular weight excluding hydrogens is 202 g/mol. The highest BCUT2D eigenvalue weighted by Gasteiger charge is 2.21. The Kier molecular flexibility index (Phi) is 2.03. The van der Waals surface area contributed by atoms with Gasteiger partial charge in [-0.15, -0.1) is 0 Å². The van der Waals surface area contributed by atoms with Gasteiger partial charge in [-0.1, -0.05) is 18.2 Å². The van der Waals surface area contributed by atoms with Crippen LogP contribution in [-0.2, 0) is 0 Å². The third-order valence-corrected chi connectivity index (χ3v) is 2.69. The van der Waals surface area contributed by atoms with E-state index in [1.807, 2.05) is 31.2 Å². The molecule has 0 N–H and O–H groups in total. The van der Waals surface area contributed by atoms with Crippen molar-refractivity contribution in [2.45, 2.75) is 13.0 Å². The zero-order chi connectivity index (χ0) is 11.0. The Morgan fingerprint density at radius 3 is 2.94 bits per heavy atom. The molecule has 3 heteroatoms. The van der Waals surface area contributed by atoms with Crippen molar-refractivity contribution in [3.05, 3.63) is 48.2 Å². The molecule has 0 fully saturated rings. The molecule has 3 rings (SSSR count). The standard InChI is InChI=1S/C13H11NO2/c1-9-11(13-7-14-8-15-13)6-10-4-2-3-5-12(10)16-9/h2-9H,1H3. The molecule has 0 bridgehead atoms. The van der Waals surface area contributed by atoms with Gasteiger partial charge in [-0.3, -0.25) is 0 Å². The molecule has 16 heavy (non-hydrogen) atoms. The normalized spacial score (nSPS) is 18.6. The fourth-order valence-electron chi connectivity index (χ4n) is 1.88. The van der Waals surface area contributed by atoms with Crippen molar-refractivity contribution < 1.29 is 9.15 Å². The highest BCUT2D eigenvalue weighted by atomic mass is 16.5. The largest absolute Gasteiger partial charge is 0.485 e. The smallest absolute Gasteiger partial charge is 0.181 e. The molecule has 0 saturated heterocycles. The first-order chi connectivity index (χ1) is 7.84. The molecule has 1 aromatic carbocycles. The number of rotatable bonds is 1. The second-order valence-electron chi connectivity index (χ2n) is 3.76. The quantitative estimate of drug-likeness (QED) is 0.730. The number of ether oxygens (including phenoxy) is 1. The first kappa shape index (κ1) is 9.21. The summed E-state index contributed by atoms with van der Waals surface area (Å²) in [6, 6.07) is 7.96. The summed E-state index contributed by atoms with van der Waals surface area (Å²) in [4.78, 5) is 3.92.